The number of halogens is 3. The molecule has 0 N–H and O–H groups in total. The van der Waals surface area contributed by atoms with Crippen molar-refractivity contribution < 1.29 is 13.2 Å². The van der Waals surface area contributed by atoms with Crippen LogP contribution in [-0.4, -0.2) is 0 Å². The van der Waals surface area contributed by atoms with Crippen LogP contribution in [0.4, 0.5) is 13.2 Å². The van der Waals surface area contributed by atoms with Gasteiger partial charge in [0.05, 0.1) is 0 Å². The van der Waals surface area contributed by atoms with Crippen molar-refractivity contribution in [3.05, 3.63) is 76.1 Å². The van der Waals surface area contributed by atoms with Crippen LogP contribution in [0.25, 0.3) is 6.08 Å². The highest BCUT2D eigenvalue weighted by Gasteiger charge is 2.25. The lowest BCUT2D eigenvalue weighted by atomic mass is 9.78. The second-order valence-corrected chi connectivity index (χ2v) is 8.23. The predicted molar refractivity (Wildman–Crippen MR) is 114 cm³/mol. The molecule has 0 aromatic heterocycles. The van der Waals surface area contributed by atoms with E-state index >= 15 is 0 Å². The van der Waals surface area contributed by atoms with Crippen molar-refractivity contribution in [2.75, 3.05) is 0 Å². The molecule has 1 aliphatic rings. The Morgan fingerprint density at radius 2 is 1.69 bits per heavy atom. The molecule has 0 amide bonds. The van der Waals surface area contributed by atoms with Crippen LogP contribution in [0.15, 0.2) is 36.4 Å². The third-order valence-electron chi connectivity index (χ3n) is 6.22. The van der Waals surface area contributed by atoms with Crippen LogP contribution in [0.3, 0.4) is 0 Å². The highest BCUT2D eigenvalue weighted by atomic mass is 19.2. The Balaban J connectivity index is 1.61. The van der Waals surface area contributed by atoms with Gasteiger partial charge in [0.25, 0.3) is 0 Å². The number of unbranched alkanes of at least 4 members (excludes halogenated alkanes) is 1. The summed E-state index contributed by atoms with van der Waals surface area (Å²) in [5, 5.41) is 0. The molecule has 0 saturated heterocycles. The number of hydrogen-bond donors (Lipinski definition) is 0. The van der Waals surface area contributed by atoms with Gasteiger partial charge < -0.3 is 0 Å². The zero-order valence-electron chi connectivity index (χ0n) is 17.5. The Morgan fingerprint density at radius 1 is 0.931 bits per heavy atom. The maximum absolute atomic E-state index is 14.6. The number of hydrogen-bond acceptors (Lipinski definition) is 0. The number of benzene rings is 2. The van der Waals surface area contributed by atoms with Crippen LogP contribution in [0.2, 0.25) is 0 Å². The van der Waals surface area contributed by atoms with Gasteiger partial charge in [-0.05, 0) is 79.5 Å². The third-order valence-corrected chi connectivity index (χ3v) is 6.22. The Hall–Kier alpha value is -2.03. The largest absolute Gasteiger partial charge is 0.206 e. The summed E-state index contributed by atoms with van der Waals surface area (Å²) in [5.41, 5.74) is 2.61. The fraction of sp³-hybridized carbons (Fsp3) is 0.462. The van der Waals surface area contributed by atoms with Gasteiger partial charge in [0.15, 0.2) is 11.6 Å². The Morgan fingerprint density at radius 3 is 2.34 bits per heavy atom. The van der Waals surface area contributed by atoms with Crippen LogP contribution >= 0.6 is 0 Å². The van der Waals surface area contributed by atoms with E-state index in [9.17, 15) is 13.2 Å². The van der Waals surface area contributed by atoms with E-state index in [0.717, 1.165) is 50.5 Å². The van der Waals surface area contributed by atoms with E-state index in [2.05, 4.69) is 6.08 Å². The van der Waals surface area contributed by atoms with Gasteiger partial charge in [0.1, 0.15) is 5.82 Å². The Bertz CT molecular complexity index is 845. The minimum Gasteiger partial charge on any atom is -0.206 e. The fourth-order valence-electron chi connectivity index (χ4n) is 4.27. The molecule has 2 aromatic rings. The fourth-order valence-corrected chi connectivity index (χ4v) is 4.27. The Labute approximate surface area is 172 Å². The molecule has 1 fully saturated rings. The maximum atomic E-state index is 14.6. The molecular weight excluding hydrogens is 369 g/mol. The Kier molecular flexibility index (Phi) is 7.57. The summed E-state index contributed by atoms with van der Waals surface area (Å²) >= 11 is 0. The highest BCUT2D eigenvalue weighted by molar-refractivity contribution is 5.51. The lowest BCUT2D eigenvalue weighted by Gasteiger charge is -2.27. The summed E-state index contributed by atoms with van der Waals surface area (Å²) in [4.78, 5) is 0. The van der Waals surface area contributed by atoms with E-state index in [1.807, 2.05) is 32.1 Å². The SMILES string of the molecule is CCCCc1ccc(C2CCC(C=Cc3ccc(CC)cc3F)CC2)c(F)c1F. The van der Waals surface area contributed by atoms with E-state index in [1.165, 1.54) is 0 Å². The molecule has 3 rings (SSSR count). The van der Waals surface area contributed by atoms with Gasteiger partial charge in [-0.3, -0.25) is 0 Å². The summed E-state index contributed by atoms with van der Waals surface area (Å²) in [6, 6.07) is 8.93. The van der Waals surface area contributed by atoms with E-state index in [-0.39, 0.29) is 11.7 Å². The highest BCUT2D eigenvalue weighted by Crippen LogP contribution is 2.38. The molecule has 29 heavy (non-hydrogen) atoms. The monoisotopic (exact) mass is 400 g/mol. The molecule has 0 spiro atoms. The van der Waals surface area contributed by atoms with E-state index < -0.39 is 11.6 Å². The van der Waals surface area contributed by atoms with Gasteiger partial charge in [-0.15, -0.1) is 0 Å². The summed E-state index contributed by atoms with van der Waals surface area (Å²) in [5.74, 6) is -1.09. The molecule has 1 aliphatic carbocycles. The molecule has 0 unspecified atom stereocenters. The number of rotatable bonds is 7. The molecule has 0 heterocycles. The summed E-state index contributed by atoms with van der Waals surface area (Å²) < 4.78 is 43.2. The maximum Gasteiger partial charge on any atom is 0.162 e. The van der Waals surface area contributed by atoms with E-state index in [1.54, 1.807) is 18.2 Å². The topological polar surface area (TPSA) is 0 Å². The van der Waals surface area contributed by atoms with Crippen LogP contribution in [0.5, 0.6) is 0 Å². The first-order chi connectivity index (χ1) is 14.0. The zero-order valence-corrected chi connectivity index (χ0v) is 17.5. The molecule has 2 aromatic carbocycles. The van der Waals surface area contributed by atoms with Gasteiger partial charge in [-0.2, -0.15) is 0 Å². The van der Waals surface area contributed by atoms with E-state index in [0.29, 0.717) is 29.0 Å². The summed E-state index contributed by atoms with van der Waals surface area (Å²) in [6.45, 7) is 4.06. The minimum absolute atomic E-state index is 0.0648. The lowest BCUT2D eigenvalue weighted by Crippen LogP contribution is -2.14. The lowest BCUT2D eigenvalue weighted by molar-refractivity contribution is 0.364. The first-order valence-electron chi connectivity index (χ1n) is 11.0. The van der Waals surface area contributed by atoms with Crippen molar-refractivity contribution in [1.82, 2.24) is 0 Å². The summed E-state index contributed by atoms with van der Waals surface area (Å²) in [6.07, 6.45) is 10.7. The molecule has 0 atom stereocenters. The summed E-state index contributed by atoms with van der Waals surface area (Å²) in [7, 11) is 0. The zero-order chi connectivity index (χ0) is 20.8. The average Bonchev–Trinajstić information content (AvgIpc) is 2.74. The molecule has 0 bridgehead atoms. The van der Waals surface area contributed by atoms with Crippen LogP contribution in [0.1, 0.15) is 80.5 Å². The standard InChI is InChI=1S/C26H31F3/c1-3-5-6-22-15-16-23(26(29)25(22)28)20-11-8-19(9-12-20)10-14-21-13-7-18(4-2)17-24(21)27/h7,10,13-17,19-20H,3-6,8-9,11-12H2,1-2H3. The normalized spacial score (nSPS) is 19.8. The molecule has 1 saturated carbocycles. The van der Waals surface area contributed by atoms with Gasteiger partial charge in [-0.1, -0.05) is 56.7 Å². The second-order valence-electron chi connectivity index (χ2n) is 8.23. The quantitative estimate of drug-likeness (QED) is 0.442. The van der Waals surface area contributed by atoms with Gasteiger partial charge in [0.2, 0.25) is 0 Å². The second kappa shape index (κ2) is 10.1. The van der Waals surface area contributed by atoms with Crippen LogP contribution in [-0.2, 0) is 12.8 Å². The molecule has 0 nitrogen and oxygen atoms in total. The first kappa shape index (κ1) is 21.7. The third kappa shape index (κ3) is 5.32. The van der Waals surface area contributed by atoms with E-state index in [4.69, 9.17) is 0 Å². The first-order valence-corrected chi connectivity index (χ1v) is 11.0. The van der Waals surface area contributed by atoms with Crippen molar-refractivity contribution in [1.29, 1.82) is 0 Å². The van der Waals surface area contributed by atoms with Crippen molar-refractivity contribution in [3.8, 4) is 0 Å². The van der Waals surface area contributed by atoms with Crippen LogP contribution < -0.4 is 0 Å². The smallest absolute Gasteiger partial charge is 0.162 e. The van der Waals surface area contributed by atoms with Crippen molar-refractivity contribution in [2.24, 2.45) is 5.92 Å². The van der Waals surface area contributed by atoms with Crippen molar-refractivity contribution in [3.63, 3.8) is 0 Å². The van der Waals surface area contributed by atoms with Gasteiger partial charge in [-0.25, -0.2) is 13.2 Å². The van der Waals surface area contributed by atoms with Crippen molar-refractivity contribution >= 4 is 6.08 Å². The number of aryl methyl sites for hydroxylation is 2. The molecule has 156 valence electrons. The molecule has 0 radical (unpaired) electrons. The predicted octanol–water partition coefficient (Wildman–Crippen LogP) is 8.00. The van der Waals surface area contributed by atoms with Crippen LogP contribution in [0, 0.1) is 23.4 Å². The van der Waals surface area contributed by atoms with Crippen molar-refractivity contribution in [2.45, 2.75) is 71.1 Å². The van der Waals surface area contributed by atoms with Gasteiger partial charge in [0, 0.05) is 5.56 Å². The number of allylic oxidation sites excluding steroid dienone is 1. The van der Waals surface area contributed by atoms with Gasteiger partial charge >= 0.3 is 0 Å². The average molecular weight is 401 g/mol. The molecule has 3 heteroatoms. The molecular formula is C26H31F3. The molecule has 0 aliphatic heterocycles. The minimum atomic E-state index is -0.663.